The van der Waals surface area contributed by atoms with Crippen LogP contribution in [0.5, 0.6) is 0 Å². The van der Waals surface area contributed by atoms with Crippen LogP contribution in [0.2, 0.25) is 0 Å². The first-order chi connectivity index (χ1) is 13.2. The average Bonchev–Trinajstić information content (AvgIpc) is 3.04. The van der Waals surface area contributed by atoms with Gasteiger partial charge >= 0.3 is 0 Å². The van der Waals surface area contributed by atoms with E-state index in [4.69, 9.17) is 4.74 Å². The first-order valence-corrected chi connectivity index (χ1v) is 9.47. The molecule has 2 saturated heterocycles. The third-order valence-corrected chi connectivity index (χ3v) is 5.19. The van der Waals surface area contributed by atoms with Gasteiger partial charge < -0.3 is 15.0 Å². The molecule has 1 amide bonds. The molecule has 2 aromatic carbocycles. The fraction of sp³-hybridized carbons (Fsp3) is 0.200. The van der Waals surface area contributed by atoms with E-state index in [1.807, 2.05) is 18.2 Å². The van der Waals surface area contributed by atoms with Crippen LogP contribution in [0, 0.1) is 5.82 Å². The first-order valence-electron chi connectivity index (χ1n) is 8.65. The van der Waals surface area contributed by atoms with Gasteiger partial charge in [0.05, 0.1) is 23.8 Å². The largest absolute Gasteiger partial charge is 0.378 e. The van der Waals surface area contributed by atoms with Gasteiger partial charge in [-0.3, -0.25) is 4.79 Å². The van der Waals surface area contributed by atoms with Gasteiger partial charge in [0.25, 0.3) is 5.91 Å². The second-order valence-electron chi connectivity index (χ2n) is 6.15. The number of aliphatic imine (C=N–C) groups is 1. The molecule has 1 N–H and O–H groups in total. The maximum atomic E-state index is 13.0. The number of morpholine rings is 1. The maximum absolute atomic E-state index is 13.0. The monoisotopic (exact) mass is 383 g/mol. The van der Waals surface area contributed by atoms with Crippen LogP contribution in [0.3, 0.4) is 0 Å². The minimum atomic E-state index is -0.317. The predicted molar refractivity (Wildman–Crippen MR) is 107 cm³/mol. The Balaban J connectivity index is 1.47. The number of nitrogens with zero attached hydrogens (tertiary/aromatic N) is 2. The Bertz CT molecular complexity index is 888. The summed E-state index contributed by atoms with van der Waals surface area (Å²) in [4.78, 5) is 19.4. The molecule has 0 aliphatic carbocycles. The van der Waals surface area contributed by atoms with Crippen LogP contribution in [0.25, 0.3) is 6.08 Å². The zero-order valence-corrected chi connectivity index (χ0v) is 15.3. The number of rotatable bonds is 3. The Hall–Kier alpha value is -2.64. The van der Waals surface area contributed by atoms with Crippen molar-refractivity contribution < 1.29 is 13.9 Å². The molecule has 27 heavy (non-hydrogen) atoms. The molecule has 0 radical (unpaired) electrons. The van der Waals surface area contributed by atoms with Gasteiger partial charge in [-0.15, -0.1) is 0 Å². The first kappa shape index (κ1) is 17.8. The van der Waals surface area contributed by atoms with E-state index in [0.717, 1.165) is 37.6 Å². The standard InChI is InChI=1S/C20H18FN3O2S/c21-15-3-5-16(6-4-15)22-20-23-19(25)18(27-20)13-14-1-7-17(8-2-14)24-9-11-26-12-10-24/h1-8,13H,9-12H2,(H,22,23,25)/b18-13-. The van der Waals surface area contributed by atoms with Crippen LogP contribution in [-0.4, -0.2) is 37.4 Å². The Labute approximate surface area is 160 Å². The Morgan fingerprint density at radius 1 is 1.07 bits per heavy atom. The lowest BCUT2D eigenvalue weighted by Crippen LogP contribution is -2.36. The van der Waals surface area contributed by atoms with Gasteiger partial charge in [0.2, 0.25) is 0 Å². The van der Waals surface area contributed by atoms with Gasteiger partial charge in [0.1, 0.15) is 5.82 Å². The third-order valence-electron chi connectivity index (χ3n) is 4.28. The summed E-state index contributed by atoms with van der Waals surface area (Å²) in [5.41, 5.74) is 2.70. The summed E-state index contributed by atoms with van der Waals surface area (Å²) in [5, 5.41) is 3.23. The normalized spacial score (nSPS) is 20.3. The molecule has 4 rings (SSSR count). The lowest BCUT2D eigenvalue weighted by Gasteiger charge is -2.28. The van der Waals surface area contributed by atoms with E-state index in [2.05, 4.69) is 27.3 Å². The zero-order valence-electron chi connectivity index (χ0n) is 14.5. The Morgan fingerprint density at radius 3 is 2.48 bits per heavy atom. The number of hydrogen-bond donors (Lipinski definition) is 1. The average molecular weight is 383 g/mol. The van der Waals surface area contributed by atoms with Crippen molar-refractivity contribution in [1.82, 2.24) is 5.32 Å². The molecule has 0 unspecified atom stereocenters. The van der Waals surface area contributed by atoms with E-state index in [1.165, 1.54) is 23.9 Å². The van der Waals surface area contributed by atoms with Gasteiger partial charge in [0, 0.05) is 18.8 Å². The Morgan fingerprint density at radius 2 is 1.78 bits per heavy atom. The van der Waals surface area contributed by atoms with E-state index in [9.17, 15) is 9.18 Å². The molecule has 2 fully saturated rings. The summed E-state index contributed by atoms with van der Waals surface area (Å²) in [6, 6.07) is 13.9. The van der Waals surface area contributed by atoms with Gasteiger partial charge in [0.15, 0.2) is 5.17 Å². The van der Waals surface area contributed by atoms with Crippen molar-refractivity contribution in [1.29, 1.82) is 0 Å². The number of anilines is 1. The minimum absolute atomic E-state index is 0.182. The number of carbonyl (C=O) groups excluding carboxylic acids is 1. The highest BCUT2D eigenvalue weighted by Gasteiger charge is 2.23. The number of halogens is 1. The second-order valence-corrected chi connectivity index (χ2v) is 7.18. The number of hydrogen-bond acceptors (Lipinski definition) is 5. The fourth-order valence-corrected chi connectivity index (χ4v) is 3.71. The molecule has 0 aromatic heterocycles. The Kier molecular flexibility index (Phi) is 5.22. The molecule has 0 bridgehead atoms. The van der Waals surface area contributed by atoms with Gasteiger partial charge in [-0.25, -0.2) is 9.38 Å². The fourth-order valence-electron chi connectivity index (χ4n) is 2.87. The molecule has 2 aliphatic heterocycles. The molecule has 0 saturated carbocycles. The summed E-state index contributed by atoms with van der Waals surface area (Å²) in [5.74, 6) is -0.499. The topological polar surface area (TPSA) is 53.9 Å². The van der Waals surface area contributed by atoms with Crippen molar-refractivity contribution in [2.75, 3.05) is 31.2 Å². The molecule has 0 spiro atoms. The number of benzene rings is 2. The van der Waals surface area contributed by atoms with E-state index < -0.39 is 0 Å². The molecule has 5 nitrogen and oxygen atoms in total. The highest BCUT2D eigenvalue weighted by atomic mass is 32.2. The highest BCUT2D eigenvalue weighted by molar-refractivity contribution is 8.18. The smallest absolute Gasteiger partial charge is 0.264 e. The minimum Gasteiger partial charge on any atom is -0.378 e. The quantitative estimate of drug-likeness (QED) is 0.824. The highest BCUT2D eigenvalue weighted by Crippen LogP contribution is 2.28. The molecular formula is C20H18FN3O2S. The second kappa shape index (κ2) is 7.94. The number of nitrogens with one attached hydrogen (secondary N) is 1. The van der Waals surface area contributed by atoms with E-state index >= 15 is 0 Å². The van der Waals surface area contributed by atoms with Crippen molar-refractivity contribution in [3.8, 4) is 0 Å². The van der Waals surface area contributed by atoms with Gasteiger partial charge in [-0.1, -0.05) is 12.1 Å². The molecule has 2 aliphatic rings. The van der Waals surface area contributed by atoms with Crippen molar-refractivity contribution >= 4 is 40.3 Å². The maximum Gasteiger partial charge on any atom is 0.264 e. The third kappa shape index (κ3) is 4.37. The summed E-state index contributed by atoms with van der Waals surface area (Å²) < 4.78 is 18.3. The lowest BCUT2D eigenvalue weighted by atomic mass is 10.1. The van der Waals surface area contributed by atoms with E-state index in [1.54, 1.807) is 12.1 Å². The molecule has 138 valence electrons. The lowest BCUT2D eigenvalue weighted by molar-refractivity contribution is -0.115. The van der Waals surface area contributed by atoms with E-state index in [-0.39, 0.29) is 11.7 Å². The van der Waals surface area contributed by atoms with Crippen molar-refractivity contribution in [3.63, 3.8) is 0 Å². The van der Waals surface area contributed by atoms with Crippen molar-refractivity contribution in [3.05, 3.63) is 64.8 Å². The molecule has 2 aromatic rings. The summed E-state index contributed by atoms with van der Waals surface area (Å²) >= 11 is 1.27. The van der Waals surface area contributed by atoms with Crippen LogP contribution < -0.4 is 10.2 Å². The molecule has 7 heteroatoms. The van der Waals surface area contributed by atoms with Crippen LogP contribution in [-0.2, 0) is 9.53 Å². The molecule has 0 atom stereocenters. The van der Waals surface area contributed by atoms with Crippen LogP contribution >= 0.6 is 11.8 Å². The van der Waals surface area contributed by atoms with Crippen LogP contribution in [0.1, 0.15) is 5.56 Å². The summed E-state index contributed by atoms with van der Waals surface area (Å²) in [7, 11) is 0. The number of amidine groups is 1. The summed E-state index contributed by atoms with van der Waals surface area (Å²) in [6.45, 7) is 3.28. The van der Waals surface area contributed by atoms with Crippen LogP contribution in [0.4, 0.5) is 15.8 Å². The van der Waals surface area contributed by atoms with Crippen LogP contribution in [0.15, 0.2) is 58.4 Å². The number of thioether (sulfide) groups is 1. The molecule has 2 heterocycles. The predicted octanol–water partition coefficient (Wildman–Crippen LogP) is 3.55. The summed E-state index contributed by atoms with van der Waals surface area (Å²) in [6.07, 6.45) is 1.84. The van der Waals surface area contributed by atoms with Gasteiger partial charge in [-0.05, 0) is 59.8 Å². The van der Waals surface area contributed by atoms with E-state index in [0.29, 0.717) is 15.8 Å². The zero-order chi connectivity index (χ0) is 18.6. The van der Waals surface area contributed by atoms with Gasteiger partial charge in [-0.2, -0.15) is 0 Å². The number of amides is 1. The van der Waals surface area contributed by atoms with Crippen molar-refractivity contribution in [2.24, 2.45) is 4.99 Å². The van der Waals surface area contributed by atoms with Crippen molar-refractivity contribution in [2.45, 2.75) is 0 Å². The molecular weight excluding hydrogens is 365 g/mol. The number of carbonyl (C=O) groups is 1. The number of ether oxygens (including phenoxy) is 1. The SMILES string of the molecule is O=C1NC(=Nc2ccc(F)cc2)S/C1=C\c1ccc(N2CCOCC2)cc1.